The monoisotopic (exact) mass is 967 g/mol. The first-order valence-electron chi connectivity index (χ1n) is 26.9. The van der Waals surface area contributed by atoms with Crippen molar-refractivity contribution in [2.45, 2.75) is 64.7 Å². The number of rotatable bonds is 7. The maximum absolute atomic E-state index is 7.31. The van der Waals surface area contributed by atoms with Gasteiger partial charge >= 0.3 is 0 Å². The first-order chi connectivity index (χ1) is 36.6. The molecule has 1 aliphatic heterocycles. The highest BCUT2D eigenvalue weighted by Gasteiger charge is 2.41. The predicted octanol–water partition coefficient (Wildman–Crippen LogP) is 20.2. The van der Waals surface area contributed by atoms with Crippen molar-refractivity contribution in [1.82, 2.24) is 0 Å². The Morgan fingerprint density at radius 3 is 1.63 bits per heavy atom. The highest BCUT2D eigenvalue weighted by molar-refractivity contribution is 6.03. The van der Waals surface area contributed by atoms with Crippen LogP contribution in [-0.4, -0.2) is 6.61 Å². The molecule has 0 radical (unpaired) electrons. The maximum atomic E-state index is 7.31. The topological polar surface area (TPSA) is 12.5 Å². The van der Waals surface area contributed by atoms with Gasteiger partial charge in [-0.05, 0) is 173 Å². The van der Waals surface area contributed by atoms with E-state index in [0.717, 1.165) is 50.5 Å². The summed E-state index contributed by atoms with van der Waals surface area (Å²) < 4.78 is 7.31. The second-order valence-electron chi connectivity index (χ2n) is 21.7. The SMILES string of the molecule is CC(C)c1ccc2ccc3c(c2c1)OC[C@H](C)c1c(ccc2ccc(C(C)C)cc12)-c1ccccc1-c1cc(-c2ccc(N(c4ccccc4)c4ccc5c(c4)C(C)(c4ccccc4)c4ccccc4-5)cc2)ccc1-3. The van der Waals surface area contributed by atoms with E-state index in [1.165, 1.54) is 82.9 Å². The molecule has 0 amide bonds. The highest BCUT2D eigenvalue weighted by atomic mass is 16.5. The van der Waals surface area contributed by atoms with Gasteiger partial charge in [0.05, 0.1) is 6.61 Å². The molecule has 0 saturated carbocycles. The summed E-state index contributed by atoms with van der Waals surface area (Å²) in [7, 11) is 0. The molecule has 0 N–H and O–H groups in total. The van der Waals surface area contributed by atoms with Crippen LogP contribution in [-0.2, 0) is 5.41 Å². The van der Waals surface area contributed by atoms with Gasteiger partial charge in [-0.15, -0.1) is 0 Å². The largest absolute Gasteiger partial charge is 0.492 e. The van der Waals surface area contributed by atoms with E-state index in [-0.39, 0.29) is 11.3 Å². The fourth-order valence-electron chi connectivity index (χ4n) is 12.5. The number of ether oxygens (including phenoxy) is 1. The Bertz CT molecular complexity index is 3980. The highest BCUT2D eigenvalue weighted by Crippen LogP contribution is 2.54. The number of anilines is 3. The van der Waals surface area contributed by atoms with Crippen LogP contribution in [0.4, 0.5) is 17.1 Å². The summed E-state index contributed by atoms with van der Waals surface area (Å²) >= 11 is 0. The second kappa shape index (κ2) is 18.5. The Morgan fingerprint density at radius 1 is 0.413 bits per heavy atom. The Morgan fingerprint density at radius 2 is 0.920 bits per heavy atom. The van der Waals surface area contributed by atoms with Crippen LogP contribution in [0.1, 0.15) is 92.7 Å². The molecular formula is C73H61NO. The van der Waals surface area contributed by atoms with Gasteiger partial charge in [-0.1, -0.05) is 211 Å². The van der Waals surface area contributed by atoms with Crippen molar-refractivity contribution in [2.24, 2.45) is 0 Å². The van der Waals surface area contributed by atoms with Gasteiger partial charge < -0.3 is 9.64 Å². The van der Waals surface area contributed by atoms with Gasteiger partial charge in [-0.25, -0.2) is 0 Å². The Kier molecular flexibility index (Phi) is 11.4. The van der Waals surface area contributed by atoms with Gasteiger partial charge in [0.25, 0.3) is 0 Å². The summed E-state index contributed by atoms with van der Waals surface area (Å²) in [6.45, 7) is 14.4. The number of nitrogens with zero attached hydrogens (tertiary/aromatic N) is 1. The van der Waals surface area contributed by atoms with Crippen LogP contribution >= 0.6 is 0 Å². The molecule has 2 heteroatoms. The molecule has 11 aromatic carbocycles. The first-order valence-corrected chi connectivity index (χ1v) is 26.9. The minimum absolute atomic E-state index is 0.0998. The molecule has 11 aromatic rings. The van der Waals surface area contributed by atoms with E-state index in [1.807, 2.05) is 0 Å². The molecule has 0 fully saturated rings. The van der Waals surface area contributed by atoms with Crippen molar-refractivity contribution in [3.63, 3.8) is 0 Å². The van der Waals surface area contributed by atoms with E-state index in [1.54, 1.807) is 0 Å². The lowest BCUT2D eigenvalue weighted by Gasteiger charge is -2.31. The van der Waals surface area contributed by atoms with Gasteiger partial charge in [0.1, 0.15) is 5.75 Å². The average molecular weight is 968 g/mol. The van der Waals surface area contributed by atoms with Crippen LogP contribution < -0.4 is 9.64 Å². The first kappa shape index (κ1) is 46.3. The van der Waals surface area contributed by atoms with Gasteiger partial charge in [0, 0.05) is 39.3 Å². The minimum atomic E-state index is -0.308. The van der Waals surface area contributed by atoms with Crippen LogP contribution in [0.25, 0.3) is 77.2 Å². The van der Waals surface area contributed by atoms with Crippen LogP contribution in [0.2, 0.25) is 0 Å². The van der Waals surface area contributed by atoms with Crippen molar-refractivity contribution in [1.29, 1.82) is 0 Å². The van der Waals surface area contributed by atoms with E-state index in [2.05, 4.69) is 277 Å². The summed E-state index contributed by atoms with van der Waals surface area (Å²) in [5.74, 6) is 1.84. The summed E-state index contributed by atoms with van der Waals surface area (Å²) in [4.78, 5) is 2.41. The fraction of sp³-hybridized carbons (Fsp3) is 0.151. The van der Waals surface area contributed by atoms with E-state index < -0.39 is 0 Å². The molecule has 2 aliphatic rings. The van der Waals surface area contributed by atoms with Crippen molar-refractivity contribution in [3.8, 4) is 61.4 Å². The van der Waals surface area contributed by atoms with Crippen molar-refractivity contribution >= 4 is 38.6 Å². The second-order valence-corrected chi connectivity index (χ2v) is 21.7. The zero-order valence-corrected chi connectivity index (χ0v) is 43.7. The van der Waals surface area contributed by atoms with E-state index in [0.29, 0.717) is 18.4 Å². The van der Waals surface area contributed by atoms with Crippen molar-refractivity contribution < 1.29 is 4.74 Å². The number of benzene rings is 11. The minimum Gasteiger partial charge on any atom is -0.492 e. The molecule has 0 bridgehead atoms. The van der Waals surface area contributed by atoms with E-state index in [9.17, 15) is 0 Å². The molecule has 1 heterocycles. The van der Waals surface area contributed by atoms with Crippen LogP contribution in [0, 0.1) is 0 Å². The molecule has 1 unspecified atom stereocenters. The zero-order valence-electron chi connectivity index (χ0n) is 43.7. The molecule has 0 spiro atoms. The van der Waals surface area contributed by atoms with Crippen LogP contribution in [0.3, 0.4) is 0 Å². The summed E-state index contributed by atoms with van der Waals surface area (Å²) in [5.41, 5.74) is 23.0. The smallest absolute Gasteiger partial charge is 0.134 e. The van der Waals surface area contributed by atoms with Gasteiger partial charge in [-0.2, -0.15) is 0 Å². The molecule has 2 nitrogen and oxygen atoms in total. The van der Waals surface area contributed by atoms with Crippen LogP contribution in [0.5, 0.6) is 5.75 Å². The standard InChI is InChI=1S/C73H61NO/c1-46(2)52-27-25-50-31-38-64-59-21-13-14-22-60(59)68-43-54(33-37-61(68)65-39-32-51-26-28-53(47(3)4)42-67(51)72(65)75-45-48(5)71(64)66(50)41-52)49-29-34-57(35-30-49)74(56-19-11-8-12-20-56)58-36-40-63-62-23-15-16-24-69(62)73(6,70(63)44-58)55-17-9-7-10-18-55/h7-44,46-48H,45H2,1-6H3/t48-,73?/m0/s1. The molecule has 75 heavy (non-hydrogen) atoms. The zero-order chi connectivity index (χ0) is 51.0. The fourth-order valence-corrected chi connectivity index (χ4v) is 12.5. The van der Waals surface area contributed by atoms with Gasteiger partial charge in [-0.3, -0.25) is 0 Å². The summed E-state index contributed by atoms with van der Waals surface area (Å²) in [6, 6.07) is 86.3. The summed E-state index contributed by atoms with van der Waals surface area (Å²) in [6.07, 6.45) is 0. The van der Waals surface area contributed by atoms with E-state index >= 15 is 0 Å². The molecular weight excluding hydrogens is 907 g/mol. The number of hydrogen-bond donors (Lipinski definition) is 0. The van der Waals surface area contributed by atoms with Gasteiger partial charge in [0.2, 0.25) is 0 Å². The molecule has 1 aliphatic carbocycles. The number of fused-ring (bicyclic) bond motifs is 14. The third-order valence-corrected chi connectivity index (χ3v) is 16.6. The Labute approximate surface area is 442 Å². The van der Waals surface area contributed by atoms with Crippen molar-refractivity contribution in [3.05, 3.63) is 264 Å². The predicted molar refractivity (Wildman–Crippen MR) is 317 cm³/mol. The summed E-state index contributed by atoms with van der Waals surface area (Å²) in [5, 5.41) is 4.91. The molecule has 13 rings (SSSR count). The number of para-hydroxylation sites is 1. The third kappa shape index (κ3) is 7.77. The molecule has 0 saturated heterocycles. The average Bonchev–Trinajstić information content (AvgIpc) is 3.72. The normalized spacial score (nSPS) is 15.5. The van der Waals surface area contributed by atoms with Crippen molar-refractivity contribution in [2.75, 3.05) is 11.5 Å². The Balaban J connectivity index is 0.978. The molecule has 0 aromatic heterocycles. The lowest BCUT2D eigenvalue weighted by Crippen LogP contribution is -2.22. The molecule has 364 valence electrons. The maximum Gasteiger partial charge on any atom is 0.134 e. The van der Waals surface area contributed by atoms with Crippen LogP contribution in [0.15, 0.2) is 231 Å². The lowest BCUT2D eigenvalue weighted by molar-refractivity contribution is 0.301. The van der Waals surface area contributed by atoms with E-state index in [4.69, 9.17) is 4.74 Å². The van der Waals surface area contributed by atoms with Gasteiger partial charge in [0.15, 0.2) is 0 Å². The lowest BCUT2D eigenvalue weighted by atomic mass is 9.74. The number of hydrogen-bond acceptors (Lipinski definition) is 2. The Hall–Kier alpha value is -8.46. The quantitative estimate of drug-likeness (QED) is 0.158. The molecule has 2 atom stereocenters. The third-order valence-electron chi connectivity index (χ3n) is 16.6.